The maximum atomic E-state index is 10.7. The number of amidine groups is 1. The van der Waals surface area contributed by atoms with Crippen LogP contribution in [0.5, 0.6) is 5.75 Å². The molecule has 1 aromatic rings. The summed E-state index contributed by atoms with van der Waals surface area (Å²) in [4.78, 5) is 10.2. The van der Waals surface area contributed by atoms with Crippen molar-refractivity contribution in [2.45, 2.75) is 20.3 Å². The quantitative estimate of drug-likeness (QED) is 0.270. The van der Waals surface area contributed by atoms with Crippen molar-refractivity contribution < 1.29 is 14.9 Å². The molecule has 0 aliphatic carbocycles. The number of ether oxygens (including phenoxy) is 1. The van der Waals surface area contributed by atoms with Gasteiger partial charge in [0.25, 0.3) is 5.69 Å². The molecule has 8 heteroatoms. The van der Waals surface area contributed by atoms with Gasteiger partial charge in [-0.1, -0.05) is 19.0 Å². The van der Waals surface area contributed by atoms with Crippen molar-refractivity contribution in [3.63, 3.8) is 0 Å². The smallest absolute Gasteiger partial charge is 0.273 e. The number of hydrogen-bond donors (Lipinski definition) is 2. The summed E-state index contributed by atoms with van der Waals surface area (Å²) in [5, 5.41) is 22.3. The second-order valence-corrected chi connectivity index (χ2v) is 5.69. The van der Waals surface area contributed by atoms with Gasteiger partial charge in [0.2, 0.25) is 0 Å². The lowest BCUT2D eigenvalue weighted by molar-refractivity contribution is -0.385. The Balaban J connectivity index is 2.71. The average molecular weight is 346 g/mol. The molecule has 0 heterocycles. The third kappa shape index (κ3) is 4.09. The SMILES string of the molecule is CC(C)(CCOc1cc([N+](=O)[O-])ccc1Br)/C(N)=N/O. The third-order valence-electron chi connectivity index (χ3n) is 2.91. The van der Waals surface area contributed by atoms with Gasteiger partial charge in [-0.2, -0.15) is 0 Å². The van der Waals surface area contributed by atoms with Gasteiger partial charge in [0.1, 0.15) is 11.6 Å². The number of hydrogen-bond acceptors (Lipinski definition) is 5. The van der Waals surface area contributed by atoms with Gasteiger partial charge in [0.05, 0.1) is 22.1 Å². The summed E-state index contributed by atoms with van der Waals surface area (Å²) in [6.45, 7) is 3.91. The highest BCUT2D eigenvalue weighted by atomic mass is 79.9. The normalized spacial score (nSPS) is 12.2. The third-order valence-corrected chi connectivity index (χ3v) is 3.57. The van der Waals surface area contributed by atoms with E-state index in [9.17, 15) is 10.1 Å². The lowest BCUT2D eigenvalue weighted by Gasteiger charge is -2.22. The fourth-order valence-electron chi connectivity index (χ4n) is 1.40. The van der Waals surface area contributed by atoms with Crippen molar-refractivity contribution in [2.75, 3.05) is 6.61 Å². The summed E-state index contributed by atoms with van der Waals surface area (Å²) >= 11 is 3.27. The van der Waals surface area contributed by atoms with E-state index in [1.165, 1.54) is 12.1 Å². The zero-order valence-electron chi connectivity index (χ0n) is 11.2. The Morgan fingerprint density at radius 2 is 2.25 bits per heavy atom. The summed E-state index contributed by atoms with van der Waals surface area (Å²) in [5.74, 6) is 0.494. The van der Waals surface area contributed by atoms with E-state index in [1.54, 1.807) is 6.07 Å². The summed E-state index contributed by atoms with van der Waals surface area (Å²) in [7, 11) is 0. The number of halogens is 1. The van der Waals surface area contributed by atoms with Crippen LogP contribution in [0.4, 0.5) is 5.69 Å². The molecule has 3 N–H and O–H groups in total. The maximum absolute atomic E-state index is 10.7. The van der Waals surface area contributed by atoms with Crippen LogP contribution in [0.2, 0.25) is 0 Å². The Kier molecular flexibility index (Phi) is 5.32. The van der Waals surface area contributed by atoms with E-state index in [1.807, 2.05) is 13.8 Å². The summed E-state index contributed by atoms with van der Waals surface area (Å²) < 4.78 is 6.14. The first-order valence-electron chi connectivity index (χ1n) is 5.82. The topological polar surface area (TPSA) is 111 Å². The first kappa shape index (κ1) is 16.2. The van der Waals surface area contributed by atoms with Gasteiger partial charge in [0, 0.05) is 11.5 Å². The summed E-state index contributed by atoms with van der Waals surface area (Å²) in [6.07, 6.45) is 0.498. The van der Waals surface area contributed by atoms with Gasteiger partial charge in [-0.25, -0.2) is 0 Å². The second kappa shape index (κ2) is 6.56. The largest absolute Gasteiger partial charge is 0.492 e. The van der Waals surface area contributed by atoms with E-state index < -0.39 is 10.3 Å². The zero-order valence-corrected chi connectivity index (χ0v) is 12.8. The fraction of sp³-hybridized carbons (Fsp3) is 0.417. The first-order valence-corrected chi connectivity index (χ1v) is 6.62. The molecule has 110 valence electrons. The minimum absolute atomic E-state index is 0.0427. The predicted molar refractivity (Wildman–Crippen MR) is 78.1 cm³/mol. The van der Waals surface area contributed by atoms with Crippen LogP contribution in [0.25, 0.3) is 0 Å². The summed E-state index contributed by atoms with van der Waals surface area (Å²) in [6, 6.07) is 4.29. The fourth-order valence-corrected chi connectivity index (χ4v) is 1.76. The number of rotatable bonds is 6. The Bertz CT molecular complexity index is 531. The number of nitro benzene ring substituents is 1. The van der Waals surface area contributed by atoms with Gasteiger partial charge in [-0.3, -0.25) is 10.1 Å². The highest BCUT2D eigenvalue weighted by Gasteiger charge is 2.23. The predicted octanol–water partition coefficient (Wildman–Crippen LogP) is 2.90. The molecule has 0 aromatic heterocycles. The van der Waals surface area contributed by atoms with Crippen molar-refractivity contribution in [3.05, 3.63) is 32.8 Å². The molecular weight excluding hydrogens is 330 g/mol. The van der Waals surface area contributed by atoms with Crippen LogP contribution in [0.3, 0.4) is 0 Å². The summed E-state index contributed by atoms with van der Waals surface area (Å²) in [5.41, 5.74) is 5.00. The van der Waals surface area contributed by atoms with E-state index in [4.69, 9.17) is 15.7 Å². The van der Waals surface area contributed by atoms with E-state index >= 15 is 0 Å². The molecule has 1 rings (SSSR count). The lowest BCUT2D eigenvalue weighted by Crippen LogP contribution is -2.33. The first-order chi connectivity index (χ1) is 9.27. The second-order valence-electron chi connectivity index (χ2n) is 4.84. The van der Waals surface area contributed by atoms with Gasteiger partial charge in [-0.15, -0.1) is 0 Å². The van der Waals surface area contributed by atoms with Crippen LogP contribution >= 0.6 is 15.9 Å². The van der Waals surface area contributed by atoms with Gasteiger partial charge in [-0.05, 0) is 28.4 Å². The maximum Gasteiger partial charge on any atom is 0.273 e. The minimum atomic E-state index is -0.526. The molecule has 0 bridgehead atoms. The Labute approximate surface area is 124 Å². The van der Waals surface area contributed by atoms with E-state index in [-0.39, 0.29) is 18.1 Å². The molecule has 0 aliphatic rings. The lowest BCUT2D eigenvalue weighted by atomic mass is 9.88. The number of benzene rings is 1. The molecule has 0 unspecified atom stereocenters. The van der Waals surface area contributed by atoms with Crippen LogP contribution < -0.4 is 10.5 Å². The van der Waals surface area contributed by atoms with Gasteiger partial charge >= 0.3 is 0 Å². The Morgan fingerprint density at radius 3 is 2.80 bits per heavy atom. The highest BCUT2D eigenvalue weighted by molar-refractivity contribution is 9.10. The van der Waals surface area contributed by atoms with Gasteiger partial charge in [0.15, 0.2) is 0 Å². The molecule has 7 nitrogen and oxygen atoms in total. The van der Waals surface area contributed by atoms with Crippen molar-refractivity contribution in [1.29, 1.82) is 0 Å². The molecule has 0 amide bonds. The Hall–Kier alpha value is -1.83. The zero-order chi connectivity index (χ0) is 15.3. The molecule has 0 aliphatic heterocycles. The van der Waals surface area contributed by atoms with Crippen molar-refractivity contribution in [3.8, 4) is 5.75 Å². The van der Waals surface area contributed by atoms with Crippen LogP contribution in [0, 0.1) is 15.5 Å². The number of oxime groups is 1. The van der Waals surface area contributed by atoms with Gasteiger partial charge < -0.3 is 15.7 Å². The van der Waals surface area contributed by atoms with Crippen molar-refractivity contribution in [1.82, 2.24) is 0 Å². The molecule has 0 saturated heterocycles. The van der Waals surface area contributed by atoms with Crippen molar-refractivity contribution in [2.24, 2.45) is 16.3 Å². The molecular formula is C12H16BrN3O4. The Morgan fingerprint density at radius 1 is 1.60 bits per heavy atom. The van der Waals surface area contributed by atoms with E-state index in [2.05, 4.69) is 21.1 Å². The van der Waals surface area contributed by atoms with E-state index in [0.717, 1.165) is 0 Å². The molecule has 1 aromatic carbocycles. The molecule has 0 atom stereocenters. The highest BCUT2D eigenvalue weighted by Crippen LogP contribution is 2.30. The number of nitro groups is 1. The van der Waals surface area contributed by atoms with Crippen LogP contribution in [0.1, 0.15) is 20.3 Å². The molecule has 0 spiro atoms. The molecule has 20 heavy (non-hydrogen) atoms. The average Bonchev–Trinajstić information content (AvgIpc) is 2.39. The molecule has 0 fully saturated rings. The van der Waals surface area contributed by atoms with Crippen molar-refractivity contribution >= 4 is 27.5 Å². The van der Waals surface area contributed by atoms with Crippen LogP contribution in [-0.2, 0) is 0 Å². The van der Waals surface area contributed by atoms with Crippen LogP contribution in [-0.4, -0.2) is 22.6 Å². The number of nitrogens with two attached hydrogens (primary N) is 1. The standard InChI is InChI=1S/C12H16BrN3O4/c1-12(2,11(14)15-17)5-6-20-10-7-8(16(18)19)3-4-9(10)13/h3-4,7,17H,5-6H2,1-2H3,(H2,14,15). The van der Waals surface area contributed by atoms with Crippen LogP contribution in [0.15, 0.2) is 27.8 Å². The number of nitrogens with zero attached hydrogens (tertiary/aromatic N) is 2. The number of non-ortho nitro benzene ring substituents is 1. The molecule has 0 radical (unpaired) electrons. The van der Waals surface area contributed by atoms with E-state index in [0.29, 0.717) is 16.6 Å². The molecule has 0 saturated carbocycles. The minimum Gasteiger partial charge on any atom is -0.492 e. The monoisotopic (exact) mass is 345 g/mol.